The summed E-state index contributed by atoms with van der Waals surface area (Å²) in [5.41, 5.74) is -1.09. The Morgan fingerprint density at radius 3 is 2.23 bits per heavy atom. The molecule has 1 heterocycles. The van der Waals surface area contributed by atoms with E-state index in [1.54, 1.807) is 4.72 Å². The molecule has 0 bridgehead atoms. The summed E-state index contributed by atoms with van der Waals surface area (Å²) >= 11 is 0. The van der Waals surface area contributed by atoms with Crippen LogP contribution in [-0.2, 0) is 26.2 Å². The number of alkyl halides is 3. The Kier molecular flexibility index (Phi) is 6.18. The average molecular weight is 476 g/mol. The minimum absolute atomic E-state index is 0.165. The zero-order chi connectivity index (χ0) is 23.0. The molecule has 0 aromatic heterocycles. The van der Waals surface area contributed by atoms with Gasteiger partial charge in [0.2, 0.25) is 10.0 Å². The maximum atomic E-state index is 12.9. The maximum Gasteiger partial charge on any atom is 0.416 e. The fraction of sp³-hybridized carbons (Fsp3) is 0.316. The van der Waals surface area contributed by atoms with E-state index < -0.39 is 42.6 Å². The predicted octanol–water partition coefficient (Wildman–Crippen LogP) is 2.92. The van der Waals surface area contributed by atoms with Crippen LogP contribution in [-0.4, -0.2) is 40.1 Å². The van der Waals surface area contributed by atoms with Crippen LogP contribution < -0.4 is 4.72 Å². The topological polar surface area (TPSA) is 101 Å². The molecular formula is C19H19F3N2O5S2. The van der Waals surface area contributed by atoms with Gasteiger partial charge in [-0.1, -0.05) is 12.1 Å². The number of hydrogen-bond acceptors (Lipinski definition) is 5. The van der Waals surface area contributed by atoms with Gasteiger partial charge < -0.3 is 0 Å². The number of benzene rings is 2. The molecule has 12 heteroatoms. The summed E-state index contributed by atoms with van der Waals surface area (Å²) in [5.74, 6) is -1.15. The molecule has 1 saturated heterocycles. The number of rotatable bonds is 5. The van der Waals surface area contributed by atoms with Crippen molar-refractivity contribution < 1.29 is 34.8 Å². The molecule has 31 heavy (non-hydrogen) atoms. The number of nitrogens with one attached hydrogen (secondary N) is 1. The zero-order valence-corrected chi connectivity index (χ0v) is 17.9. The quantitative estimate of drug-likeness (QED) is 0.715. The van der Waals surface area contributed by atoms with Crippen LogP contribution in [0.1, 0.15) is 34.3 Å². The molecule has 0 unspecified atom stereocenters. The lowest BCUT2D eigenvalue weighted by molar-refractivity contribution is -0.137. The van der Waals surface area contributed by atoms with Crippen molar-refractivity contribution in [1.29, 1.82) is 0 Å². The summed E-state index contributed by atoms with van der Waals surface area (Å²) in [5, 5.41) is 0. The number of aryl methyl sites for hydroxylation is 1. The Balaban J connectivity index is 1.91. The van der Waals surface area contributed by atoms with Gasteiger partial charge in [-0.15, -0.1) is 0 Å². The standard InChI is InChI=1S/C19H19F3N2O5S2/c1-13-7-8-16(31(28,29)24-9-2-3-10-24)12-17(13)18(25)23-30(26,27)15-6-4-5-14(11-15)19(20,21)22/h4-8,11-12H,2-3,9-10H2,1H3,(H,23,25). The normalized spacial score (nSPS) is 15.7. The van der Waals surface area contributed by atoms with Crippen LogP contribution in [0.3, 0.4) is 0 Å². The number of nitrogens with zero attached hydrogens (tertiary/aromatic N) is 1. The van der Waals surface area contributed by atoms with Crippen molar-refractivity contribution in [2.24, 2.45) is 0 Å². The van der Waals surface area contributed by atoms with Crippen LogP contribution >= 0.6 is 0 Å². The Morgan fingerprint density at radius 1 is 0.968 bits per heavy atom. The number of sulfonamides is 2. The SMILES string of the molecule is Cc1ccc(S(=O)(=O)N2CCCC2)cc1C(=O)NS(=O)(=O)c1cccc(C(F)(F)F)c1. The van der Waals surface area contributed by atoms with E-state index in [9.17, 15) is 34.8 Å². The van der Waals surface area contributed by atoms with Gasteiger partial charge in [-0.25, -0.2) is 21.6 Å². The van der Waals surface area contributed by atoms with Crippen LogP contribution in [0.4, 0.5) is 13.2 Å². The lowest BCUT2D eigenvalue weighted by Gasteiger charge is -2.17. The predicted molar refractivity (Wildman–Crippen MR) is 105 cm³/mol. The van der Waals surface area contributed by atoms with Crippen molar-refractivity contribution in [2.45, 2.75) is 35.7 Å². The summed E-state index contributed by atoms with van der Waals surface area (Å²) in [6, 6.07) is 6.71. The highest BCUT2D eigenvalue weighted by Gasteiger charge is 2.32. The summed E-state index contributed by atoms with van der Waals surface area (Å²) in [6.45, 7) is 2.18. The molecule has 0 saturated carbocycles. The molecule has 7 nitrogen and oxygen atoms in total. The number of amides is 1. The molecule has 1 fully saturated rings. The lowest BCUT2D eigenvalue weighted by Crippen LogP contribution is -2.32. The molecular weight excluding hydrogens is 457 g/mol. The Bertz CT molecular complexity index is 1220. The largest absolute Gasteiger partial charge is 0.416 e. The maximum absolute atomic E-state index is 12.9. The summed E-state index contributed by atoms with van der Waals surface area (Å²) in [7, 11) is -8.48. The van der Waals surface area contributed by atoms with Crippen LogP contribution in [0, 0.1) is 6.92 Å². The summed E-state index contributed by atoms with van der Waals surface area (Å²) < 4.78 is 92.0. The molecule has 1 N–H and O–H groups in total. The number of carbonyl (C=O) groups is 1. The van der Waals surface area contributed by atoms with E-state index in [4.69, 9.17) is 0 Å². The van der Waals surface area contributed by atoms with Crippen molar-refractivity contribution in [2.75, 3.05) is 13.1 Å². The van der Waals surface area contributed by atoms with Crippen molar-refractivity contribution >= 4 is 26.0 Å². The van der Waals surface area contributed by atoms with Gasteiger partial charge in [0.25, 0.3) is 15.9 Å². The first-order chi connectivity index (χ1) is 14.3. The third-order valence-corrected chi connectivity index (χ3v) is 8.08. The van der Waals surface area contributed by atoms with Gasteiger partial charge in [0, 0.05) is 18.7 Å². The van der Waals surface area contributed by atoms with Crippen molar-refractivity contribution in [1.82, 2.24) is 9.03 Å². The molecule has 0 aliphatic carbocycles. The zero-order valence-electron chi connectivity index (χ0n) is 16.3. The monoisotopic (exact) mass is 476 g/mol. The minimum atomic E-state index is -4.76. The van der Waals surface area contributed by atoms with Crippen molar-refractivity contribution in [3.05, 3.63) is 59.2 Å². The first kappa shape index (κ1) is 23.2. The molecule has 1 aliphatic rings. The summed E-state index contributed by atoms with van der Waals surface area (Å²) in [4.78, 5) is 11.7. The van der Waals surface area contributed by atoms with Crippen LogP contribution in [0.25, 0.3) is 0 Å². The Morgan fingerprint density at radius 2 is 1.61 bits per heavy atom. The fourth-order valence-corrected chi connectivity index (χ4v) is 5.71. The first-order valence-corrected chi connectivity index (χ1v) is 12.1. The highest BCUT2D eigenvalue weighted by molar-refractivity contribution is 7.90. The molecule has 0 radical (unpaired) electrons. The van der Waals surface area contributed by atoms with Crippen molar-refractivity contribution in [3.8, 4) is 0 Å². The van der Waals surface area contributed by atoms with Gasteiger partial charge >= 0.3 is 6.18 Å². The lowest BCUT2D eigenvalue weighted by atomic mass is 10.1. The molecule has 1 amide bonds. The summed E-state index contributed by atoms with van der Waals surface area (Å²) in [6.07, 6.45) is -3.33. The Hall–Kier alpha value is -2.44. The smallest absolute Gasteiger partial charge is 0.268 e. The highest BCUT2D eigenvalue weighted by atomic mass is 32.2. The second-order valence-electron chi connectivity index (χ2n) is 7.05. The second-order valence-corrected chi connectivity index (χ2v) is 10.7. The van der Waals surface area contributed by atoms with Gasteiger partial charge in [-0.2, -0.15) is 17.5 Å². The van der Waals surface area contributed by atoms with Gasteiger partial charge in [0.15, 0.2) is 0 Å². The van der Waals surface area contributed by atoms with Crippen LogP contribution in [0.15, 0.2) is 52.3 Å². The van der Waals surface area contributed by atoms with E-state index in [0.717, 1.165) is 18.2 Å². The van der Waals surface area contributed by atoms with Gasteiger partial charge in [-0.05, 0) is 55.7 Å². The fourth-order valence-electron chi connectivity index (χ4n) is 3.16. The Labute approximate surface area is 178 Å². The number of halogens is 3. The number of carbonyl (C=O) groups excluding carboxylic acids is 1. The molecule has 2 aromatic carbocycles. The minimum Gasteiger partial charge on any atom is -0.268 e. The molecule has 0 spiro atoms. The van der Waals surface area contributed by atoms with E-state index in [-0.39, 0.29) is 10.5 Å². The van der Waals surface area contributed by atoms with E-state index in [1.807, 2.05) is 0 Å². The van der Waals surface area contributed by atoms with Gasteiger partial charge in [-0.3, -0.25) is 4.79 Å². The van der Waals surface area contributed by atoms with Crippen LogP contribution in [0.5, 0.6) is 0 Å². The highest BCUT2D eigenvalue weighted by Crippen LogP contribution is 2.30. The van der Waals surface area contributed by atoms with E-state index in [2.05, 4.69) is 0 Å². The molecule has 0 atom stereocenters. The molecule has 3 rings (SSSR count). The molecule has 1 aliphatic heterocycles. The third kappa shape index (κ3) is 4.91. The molecule has 168 valence electrons. The van der Waals surface area contributed by atoms with E-state index in [0.29, 0.717) is 43.6 Å². The molecule has 2 aromatic rings. The number of hydrogen-bond donors (Lipinski definition) is 1. The third-order valence-electron chi connectivity index (χ3n) is 4.86. The van der Waals surface area contributed by atoms with Crippen molar-refractivity contribution in [3.63, 3.8) is 0 Å². The van der Waals surface area contributed by atoms with Gasteiger partial charge in [0.05, 0.1) is 15.4 Å². The van der Waals surface area contributed by atoms with Crippen LogP contribution in [0.2, 0.25) is 0 Å². The van der Waals surface area contributed by atoms with E-state index in [1.165, 1.54) is 23.4 Å². The second kappa shape index (κ2) is 8.24. The van der Waals surface area contributed by atoms with Gasteiger partial charge in [0.1, 0.15) is 0 Å². The average Bonchev–Trinajstić information content (AvgIpc) is 3.23. The first-order valence-electron chi connectivity index (χ1n) is 9.17. The van der Waals surface area contributed by atoms with E-state index >= 15 is 0 Å².